The molecule has 0 saturated carbocycles. The number of hydrogen-bond acceptors (Lipinski definition) is 5. The minimum Gasteiger partial charge on any atom is -0.325 e. The van der Waals surface area contributed by atoms with Gasteiger partial charge in [0, 0.05) is 22.4 Å². The van der Waals surface area contributed by atoms with Gasteiger partial charge < -0.3 is 4.57 Å². The van der Waals surface area contributed by atoms with Crippen molar-refractivity contribution < 1.29 is 13.2 Å². The van der Waals surface area contributed by atoms with Crippen molar-refractivity contribution in [3.05, 3.63) is 59.5 Å². The number of imidazole rings is 1. The quantitative estimate of drug-likeness (QED) is 0.284. The highest BCUT2D eigenvalue weighted by molar-refractivity contribution is 7.99. The third-order valence-electron chi connectivity index (χ3n) is 5.16. The molecule has 11 heteroatoms. The Morgan fingerprint density at radius 1 is 1.03 bits per heavy atom. The minimum absolute atomic E-state index is 0.200. The summed E-state index contributed by atoms with van der Waals surface area (Å²) in [5.74, 6) is 1.78. The molecule has 0 amide bonds. The van der Waals surface area contributed by atoms with Crippen LogP contribution in [0.3, 0.4) is 0 Å². The summed E-state index contributed by atoms with van der Waals surface area (Å²) in [5.41, 5.74) is 1.04. The van der Waals surface area contributed by atoms with Crippen LogP contribution in [-0.2, 0) is 13.2 Å². The monoisotopic (exact) mass is 488 g/mol. The van der Waals surface area contributed by atoms with Gasteiger partial charge in [0.25, 0.3) is 0 Å². The van der Waals surface area contributed by atoms with Gasteiger partial charge in [0.2, 0.25) is 0 Å². The van der Waals surface area contributed by atoms with Gasteiger partial charge in [-0.3, -0.25) is 0 Å². The van der Waals surface area contributed by atoms with Crippen LogP contribution in [0.25, 0.3) is 39.3 Å². The molecule has 5 rings (SSSR count). The Balaban J connectivity index is 1.70. The zero-order valence-corrected chi connectivity index (χ0v) is 19.0. The van der Waals surface area contributed by atoms with Gasteiger partial charge >= 0.3 is 6.18 Å². The summed E-state index contributed by atoms with van der Waals surface area (Å²) >= 11 is 7.75. The number of pyridine rings is 2. The molecular formula is C22H16ClF3N6S. The average Bonchev–Trinajstić information content (AvgIpc) is 3.34. The Kier molecular flexibility index (Phi) is 5.29. The van der Waals surface area contributed by atoms with E-state index in [1.165, 1.54) is 6.20 Å². The van der Waals surface area contributed by atoms with E-state index in [1.807, 2.05) is 25.1 Å². The molecule has 0 bridgehead atoms. The molecule has 4 aromatic heterocycles. The smallest absolute Gasteiger partial charge is 0.325 e. The molecule has 0 unspecified atom stereocenters. The zero-order valence-electron chi connectivity index (χ0n) is 17.4. The molecule has 6 nitrogen and oxygen atoms in total. The van der Waals surface area contributed by atoms with E-state index in [4.69, 9.17) is 16.6 Å². The predicted molar refractivity (Wildman–Crippen MR) is 123 cm³/mol. The third-order valence-corrected chi connectivity index (χ3v) is 6.33. The summed E-state index contributed by atoms with van der Waals surface area (Å²) in [6.07, 6.45) is -1.63. The normalized spacial score (nSPS) is 12.2. The summed E-state index contributed by atoms with van der Waals surface area (Å²) in [6.45, 7) is 2.01. The number of thioether (sulfide) groups is 1. The van der Waals surface area contributed by atoms with Gasteiger partial charge in [-0.15, -0.1) is 11.8 Å². The second kappa shape index (κ2) is 8.03. The van der Waals surface area contributed by atoms with E-state index in [0.717, 1.165) is 27.6 Å². The first kappa shape index (κ1) is 21.7. The first-order chi connectivity index (χ1) is 15.8. The van der Waals surface area contributed by atoms with Gasteiger partial charge in [-0.25, -0.2) is 19.6 Å². The van der Waals surface area contributed by atoms with Gasteiger partial charge in [0.15, 0.2) is 11.6 Å². The molecule has 0 aliphatic rings. The van der Waals surface area contributed by atoms with Crippen molar-refractivity contribution in [2.24, 2.45) is 7.05 Å². The molecule has 0 saturated heterocycles. The number of nitrogens with zero attached hydrogens (tertiary/aromatic N) is 6. The van der Waals surface area contributed by atoms with Crippen LogP contribution >= 0.6 is 23.4 Å². The van der Waals surface area contributed by atoms with Crippen LogP contribution in [-0.4, -0.2) is 35.1 Å². The van der Waals surface area contributed by atoms with Crippen LogP contribution in [0.4, 0.5) is 13.2 Å². The van der Waals surface area contributed by atoms with E-state index >= 15 is 0 Å². The highest BCUT2D eigenvalue weighted by Crippen LogP contribution is 2.34. The van der Waals surface area contributed by atoms with Crippen LogP contribution in [0.15, 0.2) is 53.7 Å². The van der Waals surface area contributed by atoms with E-state index < -0.39 is 11.9 Å². The highest BCUT2D eigenvalue weighted by atomic mass is 35.5. The number of rotatable bonds is 4. The van der Waals surface area contributed by atoms with Gasteiger partial charge in [0.1, 0.15) is 11.4 Å². The summed E-state index contributed by atoms with van der Waals surface area (Å²) < 4.78 is 42.8. The second-order valence-corrected chi connectivity index (χ2v) is 9.00. The van der Waals surface area contributed by atoms with E-state index in [9.17, 15) is 13.2 Å². The lowest BCUT2D eigenvalue weighted by Gasteiger charge is -2.11. The molecule has 5 aromatic rings. The van der Waals surface area contributed by atoms with Crippen molar-refractivity contribution >= 4 is 45.3 Å². The van der Waals surface area contributed by atoms with Crippen LogP contribution in [0.5, 0.6) is 0 Å². The van der Waals surface area contributed by atoms with Gasteiger partial charge in [-0.05, 0) is 42.2 Å². The van der Waals surface area contributed by atoms with Crippen molar-refractivity contribution in [2.75, 3.05) is 5.75 Å². The third kappa shape index (κ3) is 3.83. The zero-order chi connectivity index (χ0) is 23.3. The van der Waals surface area contributed by atoms with E-state index in [1.54, 1.807) is 46.4 Å². The SMILES string of the molecule is CCSc1ccc(-n2ncc3ccc(Cl)cc32)nc1-c1nc2cc(C(F)(F)F)ncc2n1C. The van der Waals surface area contributed by atoms with Crippen molar-refractivity contribution in [1.82, 2.24) is 29.3 Å². The maximum absolute atomic E-state index is 13.1. The van der Waals surface area contributed by atoms with Crippen molar-refractivity contribution in [2.45, 2.75) is 18.0 Å². The van der Waals surface area contributed by atoms with Crippen molar-refractivity contribution in [3.8, 4) is 17.3 Å². The molecule has 1 aromatic carbocycles. The lowest BCUT2D eigenvalue weighted by molar-refractivity contribution is -0.141. The molecular weight excluding hydrogens is 473 g/mol. The Labute approximate surface area is 195 Å². The molecule has 0 fully saturated rings. The standard InChI is InChI=1S/C22H16ClF3N6S/c1-3-33-17-6-7-19(32-15-8-13(23)5-4-12(15)10-28-32)30-20(17)21-29-14-9-18(22(24,25)26)27-11-16(14)31(21)2/h4-11H,3H2,1-2H3. The number of aryl methyl sites for hydroxylation is 1. The molecule has 0 aliphatic heterocycles. The van der Waals surface area contributed by atoms with Crippen molar-refractivity contribution in [3.63, 3.8) is 0 Å². The Bertz CT molecular complexity index is 1510. The fourth-order valence-electron chi connectivity index (χ4n) is 3.62. The summed E-state index contributed by atoms with van der Waals surface area (Å²) in [7, 11) is 1.73. The maximum Gasteiger partial charge on any atom is 0.433 e. The molecule has 0 spiro atoms. The topological polar surface area (TPSA) is 61.4 Å². The number of hydrogen-bond donors (Lipinski definition) is 0. The maximum atomic E-state index is 13.1. The van der Waals surface area contributed by atoms with E-state index in [-0.39, 0.29) is 5.52 Å². The summed E-state index contributed by atoms with van der Waals surface area (Å²) in [5, 5.41) is 5.93. The lowest BCUT2D eigenvalue weighted by Crippen LogP contribution is -2.07. The molecule has 0 atom stereocenters. The molecule has 168 valence electrons. The molecule has 33 heavy (non-hydrogen) atoms. The Morgan fingerprint density at radius 3 is 2.61 bits per heavy atom. The fraction of sp³-hybridized carbons (Fsp3) is 0.182. The number of aromatic nitrogens is 6. The van der Waals surface area contributed by atoms with Gasteiger partial charge in [-0.1, -0.05) is 18.5 Å². The number of fused-ring (bicyclic) bond motifs is 2. The minimum atomic E-state index is -4.55. The number of benzene rings is 1. The summed E-state index contributed by atoms with van der Waals surface area (Å²) in [6, 6.07) is 10.2. The van der Waals surface area contributed by atoms with Crippen LogP contribution in [0, 0.1) is 0 Å². The molecule has 4 heterocycles. The largest absolute Gasteiger partial charge is 0.433 e. The van der Waals surface area contributed by atoms with E-state index in [2.05, 4.69) is 15.1 Å². The molecule has 0 aliphatic carbocycles. The summed E-state index contributed by atoms with van der Waals surface area (Å²) in [4.78, 5) is 13.7. The average molecular weight is 489 g/mol. The Morgan fingerprint density at radius 2 is 1.85 bits per heavy atom. The van der Waals surface area contributed by atoms with E-state index in [0.29, 0.717) is 27.9 Å². The number of halogens is 4. The van der Waals surface area contributed by atoms with Gasteiger partial charge in [0.05, 0.1) is 28.9 Å². The van der Waals surface area contributed by atoms with Crippen LogP contribution in [0.1, 0.15) is 12.6 Å². The first-order valence-electron chi connectivity index (χ1n) is 9.94. The van der Waals surface area contributed by atoms with Crippen LogP contribution in [0.2, 0.25) is 5.02 Å². The second-order valence-electron chi connectivity index (χ2n) is 7.26. The fourth-order valence-corrected chi connectivity index (χ4v) is 4.53. The highest BCUT2D eigenvalue weighted by Gasteiger charge is 2.33. The molecule has 0 N–H and O–H groups in total. The van der Waals surface area contributed by atoms with Crippen molar-refractivity contribution in [1.29, 1.82) is 0 Å². The Hall–Kier alpha value is -3.11. The van der Waals surface area contributed by atoms with Crippen LogP contribution < -0.4 is 0 Å². The first-order valence-corrected chi connectivity index (χ1v) is 11.3. The lowest BCUT2D eigenvalue weighted by atomic mass is 10.2. The number of alkyl halides is 3. The predicted octanol–water partition coefficient (Wildman–Crippen LogP) is 6.15. The molecule has 0 radical (unpaired) electrons. The van der Waals surface area contributed by atoms with Gasteiger partial charge in [-0.2, -0.15) is 18.3 Å².